The molecule has 22 heavy (non-hydrogen) atoms. The van der Waals surface area contributed by atoms with Crippen molar-refractivity contribution in [3.05, 3.63) is 36.4 Å². The van der Waals surface area contributed by atoms with E-state index in [-0.39, 0.29) is 18.4 Å². The van der Waals surface area contributed by atoms with Gasteiger partial charge in [0.1, 0.15) is 5.75 Å². The molecule has 0 saturated carbocycles. The van der Waals surface area contributed by atoms with Gasteiger partial charge in [-0.3, -0.25) is 9.59 Å². The van der Waals surface area contributed by atoms with Gasteiger partial charge in [0, 0.05) is 26.1 Å². The number of ether oxygens (including phenoxy) is 1. The number of anilines is 1. The van der Waals surface area contributed by atoms with Gasteiger partial charge in [0.25, 0.3) is 5.91 Å². The molecule has 5 nitrogen and oxygen atoms in total. The van der Waals surface area contributed by atoms with Crippen molar-refractivity contribution in [1.29, 1.82) is 0 Å². The molecule has 0 unspecified atom stereocenters. The molecule has 0 N–H and O–H groups in total. The summed E-state index contributed by atoms with van der Waals surface area (Å²) < 4.78 is 5.40. The standard InChI is InChI=1S/C17H22N2O3/c1-4-18(11-13(2)3)16(20)9-10-19-14-7-5-6-8-15(14)22-12-17(19)21/h5-8H,2,4,9-12H2,1,3H3. The van der Waals surface area contributed by atoms with Crippen LogP contribution in [0.15, 0.2) is 36.4 Å². The van der Waals surface area contributed by atoms with Crippen LogP contribution in [0, 0.1) is 0 Å². The van der Waals surface area contributed by atoms with Crippen LogP contribution in [-0.2, 0) is 9.59 Å². The molecular weight excluding hydrogens is 280 g/mol. The summed E-state index contributed by atoms with van der Waals surface area (Å²) in [5.41, 5.74) is 1.68. The van der Waals surface area contributed by atoms with E-state index in [1.807, 2.05) is 38.1 Å². The van der Waals surface area contributed by atoms with Crippen molar-refractivity contribution in [3.63, 3.8) is 0 Å². The molecule has 5 heteroatoms. The molecule has 0 atom stereocenters. The van der Waals surface area contributed by atoms with Crippen molar-refractivity contribution in [2.24, 2.45) is 0 Å². The summed E-state index contributed by atoms with van der Waals surface area (Å²) in [7, 11) is 0. The number of nitrogens with zero attached hydrogens (tertiary/aromatic N) is 2. The lowest BCUT2D eigenvalue weighted by atomic mass is 10.2. The van der Waals surface area contributed by atoms with Gasteiger partial charge in [0.2, 0.25) is 5.91 Å². The maximum atomic E-state index is 12.3. The minimum absolute atomic E-state index is 0.0223. The first-order chi connectivity index (χ1) is 10.5. The average molecular weight is 302 g/mol. The molecule has 1 heterocycles. The third-order valence-corrected chi connectivity index (χ3v) is 3.55. The van der Waals surface area contributed by atoms with Crippen LogP contribution < -0.4 is 9.64 Å². The van der Waals surface area contributed by atoms with Crippen molar-refractivity contribution >= 4 is 17.5 Å². The van der Waals surface area contributed by atoms with Gasteiger partial charge in [-0.25, -0.2) is 0 Å². The second kappa shape index (κ2) is 7.11. The Balaban J connectivity index is 2.03. The summed E-state index contributed by atoms with van der Waals surface area (Å²) >= 11 is 0. The number of amides is 2. The van der Waals surface area contributed by atoms with Gasteiger partial charge in [-0.2, -0.15) is 0 Å². The molecule has 0 aromatic heterocycles. The molecule has 0 fully saturated rings. The molecule has 0 saturated heterocycles. The lowest BCUT2D eigenvalue weighted by Gasteiger charge is -2.30. The smallest absolute Gasteiger partial charge is 0.265 e. The quantitative estimate of drug-likeness (QED) is 0.757. The fourth-order valence-electron chi connectivity index (χ4n) is 2.47. The van der Waals surface area contributed by atoms with Gasteiger partial charge in [-0.05, 0) is 26.0 Å². The van der Waals surface area contributed by atoms with E-state index >= 15 is 0 Å². The number of fused-ring (bicyclic) bond motifs is 1. The molecule has 2 amide bonds. The third-order valence-electron chi connectivity index (χ3n) is 3.55. The van der Waals surface area contributed by atoms with Crippen LogP contribution in [0.25, 0.3) is 0 Å². The van der Waals surface area contributed by atoms with Crippen LogP contribution in [0.1, 0.15) is 20.3 Å². The number of carbonyl (C=O) groups is 2. The Hall–Kier alpha value is -2.30. The van der Waals surface area contributed by atoms with Gasteiger partial charge in [0.05, 0.1) is 5.69 Å². The second-order valence-corrected chi connectivity index (χ2v) is 5.42. The van der Waals surface area contributed by atoms with Crippen LogP contribution in [0.3, 0.4) is 0 Å². The number of hydrogen-bond acceptors (Lipinski definition) is 3. The number of likely N-dealkylation sites (N-methyl/N-ethyl adjacent to an activating group) is 1. The highest BCUT2D eigenvalue weighted by molar-refractivity contribution is 5.98. The molecular formula is C17H22N2O3. The monoisotopic (exact) mass is 302 g/mol. The summed E-state index contributed by atoms with van der Waals surface area (Å²) in [5.74, 6) is 0.598. The van der Waals surface area contributed by atoms with Crippen LogP contribution in [0.5, 0.6) is 5.75 Å². The molecule has 0 aliphatic carbocycles. The molecule has 1 aliphatic heterocycles. The van der Waals surface area contributed by atoms with Crippen molar-refractivity contribution in [2.45, 2.75) is 20.3 Å². The Morgan fingerprint density at radius 3 is 2.82 bits per heavy atom. The van der Waals surface area contributed by atoms with E-state index in [1.54, 1.807) is 9.80 Å². The molecule has 1 aliphatic rings. The molecule has 118 valence electrons. The first-order valence-corrected chi connectivity index (χ1v) is 7.47. The number of rotatable bonds is 6. The van der Waals surface area contributed by atoms with E-state index in [1.165, 1.54) is 0 Å². The lowest BCUT2D eigenvalue weighted by molar-refractivity contribution is -0.130. The van der Waals surface area contributed by atoms with Crippen molar-refractivity contribution < 1.29 is 14.3 Å². The maximum Gasteiger partial charge on any atom is 0.265 e. The van der Waals surface area contributed by atoms with Gasteiger partial charge in [0.15, 0.2) is 6.61 Å². The number of para-hydroxylation sites is 2. The molecule has 1 aromatic carbocycles. The Kier molecular flexibility index (Phi) is 5.20. The van der Waals surface area contributed by atoms with E-state index in [0.717, 1.165) is 11.3 Å². The van der Waals surface area contributed by atoms with E-state index in [0.29, 0.717) is 31.8 Å². The highest BCUT2D eigenvalue weighted by Gasteiger charge is 2.26. The van der Waals surface area contributed by atoms with Gasteiger partial charge >= 0.3 is 0 Å². The van der Waals surface area contributed by atoms with Crippen molar-refractivity contribution in [1.82, 2.24) is 4.90 Å². The molecule has 0 radical (unpaired) electrons. The normalized spacial score (nSPS) is 13.4. The Labute approximate surface area is 131 Å². The van der Waals surface area contributed by atoms with Crippen molar-refractivity contribution in [3.8, 4) is 5.75 Å². The summed E-state index contributed by atoms with van der Waals surface area (Å²) in [4.78, 5) is 27.7. The third kappa shape index (κ3) is 3.67. The summed E-state index contributed by atoms with van der Waals surface area (Å²) in [5, 5.41) is 0. The van der Waals surface area contributed by atoms with Gasteiger partial charge < -0.3 is 14.5 Å². The van der Waals surface area contributed by atoms with Crippen LogP contribution in [0.2, 0.25) is 0 Å². The number of hydrogen-bond donors (Lipinski definition) is 0. The summed E-state index contributed by atoms with van der Waals surface area (Å²) in [6, 6.07) is 7.39. The predicted molar refractivity (Wildman–Crippen MR) is 86.0 cm³/mol. The van der Waals surface area contributed by atoms with Crippen LogP contribution >= 0.6 is 0 Å². The van der Waals surface area contributed by atoms with Crippen LogP contribution in [-0.4, -0.2) is 43.0 Å². The van der Waals surface area contributed by atoms with E-state index in [4.69, 9.17) is 4.74 Å². The zero-order valence-corrected chi connectivity index (χ0v) is 13.2. The predicted octanol–water partition coefficient (Wildman–Crippen LogP) is 2.23. The SMILES string of the molecule is C=C(C)CN(CC)C(=O)CCN1C(=O)COc2ccccc21. The fourth-order valence-corrected chi connectivity index (χ4v) is 2.47. The second-order valence-electron chi connectivity index (χ2n) is 5.42. The highest BCUT2D eigenvalue weighted by atomic mass is 16.5. The van der Waals surface area contributed by atoms with Crippen LogP contribution in [0.4, 0.5) is 5.69 Å². The molecule has 0 spiro atoms. The Morgan fingerprint density at radius 1 is 1.41 bits per heavy atom. The Morgan fingerprint density at radius 2 is 2.14 bits per heavy atom. The largest absolute Gasteiger partial charge is 0.482 e. The zero-order chi connectivity index (χ0) is 16.1. The average Bonchev–Trinajstić information content (AvgIpc) is 2.51. The molecule has 0 bridgehead atoms. The van der Waals surface area contributed by atoms with Crippen molar-refractivity contribution in [2.75, 3.05) is 31.1 Å². The van der Waals surface area contributed by atoms with E-state index in [9.17, 15) is 9.59 Å². The minimum atomic E-state index is -0.116. The van der Waals surface area contributed by atoms with Gasteiger partial charge in [-0.1, -0.05) is 24.3 Å². The van der Waals surface area contributed by atoms with E-state index in [2.05, 4.69) is 6.58 Å². The van der Waals surface area contributed by atoms with E-state index < -0.39 is 0 Å². The highest BCUT2D eigenvalue weighted by Crippen LogP contribution is 2.31. The van der Waals surface area contributed by atoms with Gasteiger partial charge in [-0.15, -0.1) is 0 Å². The first-order valence-electron chi connectivity index (χ1n) is 7.47. The zero-order valence-electron chi connectivity index (χ0n) is 13.2. The topological polar surface area (TPSA) is 49.9 Å². The number of carbonyl (C=O) groups excluding carboxylic acids is 2. The molecule has 1 aromatic rings. The fraction of sp³-hybridized carbons (Fsp3) is 0.412. The Bertz CT molecular complexity index is 583. The molecule has 2 rings (SSSR count). The summed E-state index contributed by atoms with van der Waals surface area (Å²) in [6.07, 6.45) is 0.293. The summed E-state index contributed by atoms with van der Waals surface area (Å²) in [6.45, 7) is 9.27. The number of benzene rings is 1. The maximum absolute atomic E-state index is 12.3. The minimum Gasteiger partial charge on any atom is -0.482 e. The first kappa shape index (κ1) is 16.1. The lowest BCUT2D eigenvalue weighted by Crippen LogP contribution is -2.42.